The Morgan fingerprint density at radius 2 is 2.33 bits per heavy atom. The van der Waals surface area contributed by atoms with Crippen molar-refractivity contribution in [3.05, 3.63) is 35.6 Å². The molecule has 0 aromatic heterocycles. The molecule has 1 aromatic carbocycles. The van der Waals surface area contributed by atoms with Crippen LogP contribution < -0.4 is 5.73 Å². The zero-order valence-corrected chi connectivity index (χ0v) is 9.17. The molecule has 82 valence electrons. The normalized spacial score (nSPS) is 30.7. The van der Waals surface area contributed by atoms with Crippen LogP contribution in [-0.4, -0.2) is 0 Å². The fourth-order valence-electron chi connectivity index (χ4n) is 2.59. The number of hydrogen-bond donors (Lipinski definition) is 1. The summed E-state index contributed by atoms with van der Waals surface area (Å²) in [6, 6.07) is 6.75. The second-order valence-electron chi connectivity index (χ2n) is 4.68. The van der Waals surface area contributed by atoms with Crippen molar-refractivity contribution >= 4 is 0 Å². The lowest BCUT2D eigenvalue weighted by atomic mass is 9.88. The van der Waals surface area contributed by atoms with E-state index in [1.807, 2.05) is 6.07 Å². The van der Waals surface area contributed by atoms with Crippen molar-refractivity contribution in [1.82, 2.24) is 0 Å². The van der Waals surface area contributed by atoms with E-state index < -0.39 is 0 Å². The van der Waals surface area contributed by atoms with Crippen LogP contribution >= 0.6 is 0 Å². The summed E-state index contributed by atoms with van der Waals surface area (Å²) < 4.78 is 13.1. The maximum atomic E-state index is 13.1. The van der Waals surface area contributed by atoms with Crippen molar-refractivity contribution in [2.24, 2.45) is 11.7 Å². The van der Waals surface area contributed by atoms with Crippen molar-refractivity contribution in [1.29, 1.82) is 0 Å². The van der Waals surface area contributed by atoms with Gasteiger partial charge in [-0.2, -0.15) is 0 Å². The van der Waals surface area contributed by atoms with E-state index in [0.29, 0.717) is 5.92 Å². The van der Waals surface area contributed by atoms with Gasteiger partial charge in [0.15, 0.2) is 0 Å². The Morgan fingerprint density at radius 3 is 2.93 bits per heavy atom. The molecule has 2 atom stereocenters. The zero-order chi connectivity index (χ0) is 10.9. The number of benzene rings is 1. The molecular weight excluding hydrogens is 189 g/mol. The lowest BCUT2D eigenvalue weighted by Crippen LogP contribution is -2.33. The largest absolute Gasteiger partial charge is 0.321 e. The number of nitrogens with two attached hydrogens (primary N) is 1. The van der Waals surface area contributed by atoms with Crippen LogP contribution in [-0.2, 0) is 5.54 Å². The summed E-state index contributed by atoms with van der Waals surface area (Å²) in [4.78, 5) is 0. The molecule has 2 rings (SSSR count). The summed E-state index contributed by atoms with van der Waals surface area (Å²) in [6.45, 7) is 2.20. The Balaban J connectivity index is 2.23. The molecule has 1 aromatic rings. The molecule has 1 aliphatic carbocycles. The molecule has 1 aliphatic rings. The molecule has 0 radical (unpaired) electrons. The Kier molecular flexibility index (Phi) is 2.79. The average Bonchev–Trinajstić information content (AvgIpc) is 2.62. The SMILES string of the molecule is CCC1CCC(N)(c2cccc(F)c2)C1. The summed E-state index contributed by atoms with van der Waals surface area (Å²) in [6.07, 6.45) is 4.32. The molecule has 2 unspecified atom stereocenters. The van der Waals surface area contributed by atoms with Gasteiger partial charge in [0.2, 0.25) is 0 Å². The van der Waals surface area contributed by atoms with Gasteiger partial charge < -0.3 is 5.73 Å². The molecule has 2 N–H and O–H groups in total. The molecule has 1 fully saturated rings. The minimum atomic E-state index is -0.289. The highest BCUT2D eigenvalue weighted by molar-refractivity contribution is 5.26. The van der Waals surface area contributed by atoms with Gasteiger partial charge in [0.1, 0.15) is 5.82 Å². The van der Waals surface area contributed by atoms with Crippen LogP contribution in [0.5, 0.6) is 0 Å². The van der Waals surface area contributed by atoms with E-state index in [4.69, 9.17) is 5.73 Å². The summed E-state index contributed by atoms with van der Waals surface area (Å²) >= 11 is 0. The summed E-state index contributed by atoms with van der Waals surface area (Å²) in [5, 5.41) is 0. The fourth-order valence-corrected chi connectivity index (χ4v) is 2.59. The Morgan fingerprint density at radius 1 is 1.53 bits per heavy atom. The van der Waals surface area contributed by atoms with Crippen LogP contribution in [0.1, 0.15) is 38.2 Å². The molecule has 0 spiro atoms. The highest BCUT2D eigenvalue weighted by Crippen LogP contribution is 2.41. The minimum Gasteiger partial charge on any atom is -0.321 e. The summed E-state index contributed by atoms with van der Waals surface area (Å²) in [7, 11) is 0. The first-order valence-corrected chi connectivity index (χ1v) is 5.69. The lowest BCUT2D eigenvalue weighted by Gasteiger charge is -2.24. The van der Waals surface area contributed by atoms with Gasteiger partial charge >= 0.3 is 0 Å². The van der Waals surface area contributed by atoms with Gasteiger partial charge in [-0.05, 0) is 42.9 Å². The van der Waals surface area contributed by atoms with Gasteiger partial charge in [-0.25, -0.2) is 4.39 Å². The minimum absolute atomic E-state index is 0.183. The highest BCUT2D eigenvalue weighted by Gasteiger charge is 2.36. The van der Waals surface area contributed by atoms with E-state index in [1.54, 1.807) is 12.1 Å². The Hall–Kier alpha value is -0.890. The molecule has 0 heterocycles. The Bertz CT molecular complexity index is 350. The second-order valence-corrected chi connectivity index (χ2v) is 4.68. The monoisotopic (exact) mass is 207 g/mol. The molecule has 0 bridgehead atoms. The maximum absolute atomic E-state index is 13.1. The quantitative estimate of drug-likeness (QED) is 0.792. The van der Waals surface area contributed by atoms with E-state index in [9.17, 15) is 4.39 Å². The third kappa shape index (κ3) is 2.05. The van der Waals surface area contributed by atoms with Crippen LogP contribution in [0.15, 0.2) is 24.3 Å². The van der Waals surface area contributed by atoms with E-state index in [-0.39, 0.29) is 11.4 Å². The van der Waals surface area contributed by atoms with Gasteiger partial charge in [-0.3, -0.25) is 0 Å². The first-order valence-electron chi connectivity index (χ1n) is 5.69. The van der Waals surface area contributed by atoms with Gasteiger partial charge in [0.25, 0.3) is 0 Å². The van der Waals surface area contributed by atoms with Crippen LogP contribution in [0.4, 0.5) is 4.39 Å². The van der Waals surface area contributed by atoms with Crippen molar-refractivity contribution < 1.29 is 4.39 Å². The highest BCUT2D eigenvalue weighted by atomic mass is 19.1. The smallest absolute Gasteiger partial charge is 0.123 e. The van der Waals surface area contributed by atoms with E-state index >= 15 is 0 Å². The predicted molar refractivity (Wildman–Crippen MR) is 59.9 cm³/mol. The van der Waals surface area contributed by atoms with Gasteiger partial charge in [-0.1, -0.05) is 25.5 Å². The number of hydrogen-bond acceptors (Lipinski definition) is 1. The topological polar surface area (TPSA) is 26.0 Å². The molecule has 0 aliphatic heterocycles. The summed E-state index contributed by atoms with van der Waals surface area (Å²) in [5.41, 5.74) is 7.02. The molecule has 0 saturated heterocycles. The molecule has 0 amide bonds. The number of rotatable bonds is 2. The van der Waals surface area contributed by atoms with Crippen LogP contribution in [0.3, 0.4) is 0 Å². The average molecular weight is 207 g/mol. The first kappa shape index (κ1) is 10.6. The van der Waals surface area contributed by atoms with Crippen LogP contribution in [0.25, 0.3) is 0 Å². The molecular formula is C13H18FN. The van der Waals surface area contributed by atoms with Gasteiger partial charge in [0, 0.05) is 5.54 Å². The lowest BCUT2D eigenvalue weighted by molar-refractivity contribution is 0.422. The van der Waals surface area contributed by atoms with Crippen molar-refractivity contribution in [2.75, 3.05) is 0 Å². The molecule has 1 nitrogen and oxygen atoms in total. The third-order valence-electron chi connectivity index (χ3n) is 3.63. The predicted octanol–water partition coefficient (Wildman–Crippen LogP) is 3.19. The first-order chi connectivity index (χ1) is 7.14. The van der Waals surface area contributed by atoms with Crippen molar-refractivity contribution in [3.63, 3.8) is 0 Å². The van der Waals surface area contributed by atoms with E-state index in [2.05, 4.69) is 6.92 Å². The number of halogens is 1. The summed E-state index contributed by atoms with van der Waals surface area (Å²) in [5.74, 6) is 0.524. The van der Waals surface area contributed by atoms with Crippen molar-refractivity contribution in [2.45, 2.75) is 38.1 Å². The molecule has 1 saturated carbocycles. The van der Waals surface area contributed by atoms with Gasteiger partial charge in [-0.15, -0.1) is 0 Å². The van der Waals surface area contributed by atoms with Crippen LogP contribution in [0.2, 0.25) is 0 Å². The maximum Gasteiger partial charge on any atom is 0.123 e. The van der Waals surface area contributed by atoms with Crippen LogP contribution in [0, 0.1) is 11.7 Å². The standard InChI is InChI=1S/C13H18FN/c1-2-10-6-7-13(15,9-10)11-4-3-5-12(14)8-11/h3-5,8,10H,2,6-7,9,15H2,1H3. The van der Waals surface area contributed by atoms with Crippen molar-refractivity contribution in [3.8, 4) is 0 Å². The second kappa shape index (κ2) is 3.93. The Labute approximate surface area is 90.5 Å². The fraction of sp³-hybridized carbons (Fsp3) is 0.538. The van der Waals surface area contributed by atoms with Gasteiger partial charge in [0.05, 0.1) is 0 Å². The zero-order valence-electron chi connectivity index (χ0n) is 9.17. The third-order valence-corrected chi connectivity index (χ3v) is 3.63. The molecule has 2 heteroatoms. The van der Waals surface area contributed by atoms with E-state index in [1.165, 1.54) is 18.9 Å². The molecule has 15 heavy (non-hydrogen) atoms. The van der Waals surface area contributed by atoms with E-state index in [0.717, 1.165) is 18.4 Å².